The van der Waals surface area contributed by atoms with Crippen LogP contribution in [0.15, 0.2) is 53.1 Å². The topological polar surface area (TPSA) is 51.3 Å². The molecule has 0 N–H and O–H groups in total. The Kier molecular flexibility index (Phi) is 4.37. The Morgan fingerprint density at radius 3 is 2.69 bits per heavy atom. The lowest BCUT2D eigenvalue weighted by atomic mass is 10.1. The van der Waals surface area contributed by atoms with Crippen molar-refractivity contribution < 1.29 is 9.21 Å². The van der Waals surface area contributed by atoms with Crippen LogP contribution in [-0.4, -0.2) is 27.1 Å². The lowest BCUT2D eigenvalue weighted by Crippen LogP contribution is -2.30. The fraction of sp³-hybridized carbons (Fsp3) is 0.333. The molecule has 1 fully saturated rings. The van der Waals surface area contributed by atoms with Gasteiger partial charge in [0.2, 0.25) is 0 Å². The lowest BCUT2D eigenvalue weighted by molar-refractivity contribution is 0.0720. The highest BCUT2D eigenvalue weighted by molar-refractivity contribution is 5.94. The fourth-order valence-electron chi connectivity index (χ4n) is 3.71. The number of benzene rings is 1. The van der Waals surface area contributed by atoms with Crippen LogP contribution in [0.3, 0.4) is 0 Å². The molecular weight excluding hydrogens is 326 g/mol. The molecule has 5 heteroatoms. The van der Waals surface area contributed by atoms with E-state index in [-0.39, 0.29) is 11.9 Å². The minimum Gasteiger partial charge on any atom is -0.467 e. The second-order valence-electron chi connectivity index (χ2n) is 6.95. The average Bonchev–Trinajstić information content (AvgIpc) is 3.36. The summed E-state index contributed by atoms with van der Waals surface area (Å²) in [6, 6.07) is 13.8. The number of carbonyl (C=O) groups is 1. The van der Waals surface area contributed by atoms with Gasteiger partial charge in [-0.15, -0.1) is 0 Å². The third-order valence-corrected chi connectivity index (χ3v) is 5.02. The van der Waals surface area contributed by atoms with Crippen LogP contribution in [-0.2, 0) is 6.54 Å². The predicted molar refractivity (Wildman–Crippen MR) is 99.0 cm³/mol. The van der Waals surface area contributed by atoms with Crippen molar-refractivity contribution in [3.63, 3.8) is 0 Å². The van der Waals surface area contributed by atoms with Gasteiger partial charge in [-0.1, -0.05) is 12.1 Å². The zero-order chi connectivity index (χ0) is 18.1. The van der Waals surface area contributed by atoms with E-state index in [0.717, 1.165) is 47.7 Å². The van der Waals surface area contributed by atoms with Crippen LogP contribution in [0.5, 0.6) is 0 Å². The Hall–Kier alpha value is -2.82. The first-order valence-electron chi connectivity index (χ1n) is 9.06. The second kappa shape index (κ2) is 6.83. The van der Waals surface area contributed by atoms with E-state index in [1.54, 1.807) is 6.26 Å². The van der Waals surface area contributed by atoms with Crippen molar-refractivity contribution in [3.05, 3.63) is 77.0 Å². The van der Waals surface area contributed by atoms with Crippen LogP contribution in [0.4, 0.5) is 0 Å². The van der Waals surface area contributed by atoms with Crippen LogP contribution < -0.4 is 0 Å². The number of likely N-dealkylation sites (tertiary alicyclic amines) is 1. The smallest absolute Gasteiger partial charge is 0.254 e. The van der Waals surface area contributed by atoms with Gasteiger partial charge >= 0.3 is 0 Å². The molecule has 1 amide bonds. The normalized spacial score (nSPS) is 17.0. The molecule has 1 aliphatic heterocycles. The first-order valence-corrected chi connectivity index (χ1v) is 9.06. The molecule has 1 saturated heterocycles. The summed E-state index contributed by atoms with van der Waals surface area (Å²) in [4.78, 5) is 14.9. The number of rotatable bonds is 4. The van der Waals surface area contributed by atoms with Gasteiger partial charge in [0.1, 0.15) is 5.76 Å². The number of aryl methyl sites for hydroxylation is 2. The van der Waals surface area contributed by atoms with Crippen molar-refractivity contribution in [3.8, 4) is 0 Å². The zero-order valence-electron chi connectivity index (χ0n) is 15.2. The molecule has 0 saturated carbocycles. The van der Waals surface area contributed by atoms with Crippen LogP contribution >= 0.6 is 0 Å². The summed E-state index contributed by atoms with van der Waals surface area (Å²) in [5.41, 5.74) is 4.02. The van der Waals surface area contributed by atoms with Crippen molar-refractivity contribution in [1.29, 1.82) is 0 Å². The Morgan fingerprint density at radius 1 is 1.23 bits per heavy atom. The molecule has 5 nitrogen and oxygen atoms in total. The molecule has 134 valence electrons. The Labute approximate surface area is 153 Å². The van der Waals surface area contributed by atoms with E-state index in [4.69, 9.17) is 4.42 Å². The van der Waals surface area contributed by atoms with Gasteiger partial charge < -0.3 is 9.32 Å². The van der Waals surface area contributed by atoms with Gasteiger partial charge in [-0.3, -0.25) is 9.48 Å². The maximum Gasteiger partial charge on any atom is 0.254 e. The molecule has 3 aromatic rings. The molecule has 0 radical (unpaired) electrons. The Bertz CT molecular complexity index is 894. The van der Waals surface area contributed by atoms with Crippen LogP contribution in [0, 0.1) is 13.8 Å². The highest BCUT2D eigenvalue weighted by Gasteiger charge is 2.32. The van der Waals surface area contributed by atoms with E-state index in [9.17, 15) is 4.79 Å². The van der Waals surface area contributed by atoms with Crippen molar-refractivity contribution in [2.75, 3.05) is 6.54 Å². The molecule has 2 aromatic heterocycles. The minimum absolute atomic E-state index is 0.0480. The number of amides is 1. The largest absolute Gasteiger partial charge is 0.467 e. The summed E-state index contributed by atoms with van der Waals surface area (Å²) >= 11 is 0. The molecule has 0 aliphatic carbocycles. The highest BCUT2D eigenvalue weighted by Crippen LogP contribution is 2.33. The van der Waals surface area contributed by atoms with Crippen LogP contribution in [0.1, 0.15) is 52.0 Å². The van der Waals surface area contributed by atoms with Gasteiger partial charge in [0.15, 0.2) is 0 Å². The minimum atomic E-state index is 0.0480. The van der Waals surface area contributed by atoms with Crippen molar-refractivity contribution in [2.24, 2.45) is 0 Å². The van der Waals surface area contributed by atoms with E-state index < -0.39 is 0 Å². The summed E-state index contributed by atoms with van der Waals surface area (Å²) < 4.78 is 7.51. The highest BCUT2D eigenvalue weighted by atomic mass is 16.3. The number of carbonyl (C=O) groups excluding carboxylic acids is 1. The first-order chi connectivity index (χ1) is 12.6. The van der Waals surface area contributed by atoms with Gasteiger partial charge in [-0.05, 0) is 62.6 Å². The number of hydrogen-bond donors (Lipinski definition) is 0. The predicted octanol–water partition coefficient (Wildman–Crippen LogP) is 4.12. The number of hydrogen-bond acceptors (Lipinski definition) is 3. The maximum absolute atomic E-state index is 12.9. The van der Waals surface area contributed by atoms with Gasteiger partial charge in [-0.25, -0.2) is 0 Å². The number of aromatic nitrogens is 2. The van der Waals surface area contributed by atoms with Gasteiger partial charge in [-0.2, -0.15) is 5.10 Å². The van der Waals surface area contributed by atoms with Crippen LogP contribution in [0.2, 0.25) is 0 Å². The van der Waals surface area contributed by atoms with Crippen LogP contribution in [0.25, 0.3) is 0 Å². The standard InChI is InChI=1S/C21H23N3O2/c1-15-13-16(2)24(22-15)14-17-7-9-18(10-8-17)21(25)23-11-3-5-19(23)20-6-4-12-26-20/h4,6-10,12-13,19H,3,5,11,14H2,1-2H3/t19-/m1/s1. The van der Waals surface area contributed by atoms with Gasteiger partial charge in [0.25, 0.3) is 5.91 Å². The first kappa shape index (κ1) is 16.6. The second-order valence-corrected chi connectivity index (χ2v) is 6.95. The van der Waals surface area contributed by atoms with Crippen molar-refractivity contribution >= 4 is 5.91 Å². The molecule has 26 heavy (non-hydrogen) atoms. The van der Waals surface area contributed by atoms with Gasteiger partial charge in [0.05, 0.1) is 24.5 Å². The van der Waals surface area contributed by atoms with E-state index in [2.05, 4.69) is 18.1 Å². The summed E-state index contributed by atoms with van der Waals surface area (Å²) in [6.07, 6.45) is 3.63. The molecule has 1 atom stereocenters. The summed E-state index contributed by atoms with van der Waals surface area (Å²) in [5.74, 6) is 0.943. The molecule has 4 rings (SSSR count). The zero-order valence-corrected chi connectivity index (χ0v) is 15.2. The van der Waals surface area contributed by atoms with E-state index >= 15 is 0 Å². The molecule has 1 aromatic carbocycles. The average molecular weight is 349 g/mol. The molecule has 1 aliphatic rings. The monoisotopic (exact) mass is 349 g/mol. The molecule has 0 bridgehead atoms. The third-order valence-electron chi connectivity index (χ3n) is 5.02. The van der Waals surface area contributed by atoms with Gasteiger partial charge in [0, 0.05) is 17.8 Å². The quantitative estimate of drug-likeness (QED) is 0.712. The Balaban J connectivity index is 1.49. The van der Waals surface area contributed by atoms with Crippen molar-refractivity contribution in [2.45, 2.75) is 39.3 Å². The molecule has 0 unspecified atom stereocenters. The molecule has 3 heterocycles. The van der Waals surface area contributed by atoms with E-state index in [0.29, 0.717) is 6.54 Å². The number of nitrogens with zero attached hydrogens (tertiary/aromatic N) is 3. The molecular formula is C21H23N3O2. The Morgan fingerprint density at radius 2 is 2.04 bits per heavy atom. The fourth-order valence-corrected chi connectivity index (χ4v) is 3.71. The summed E-state index contributed by atoms with van der Waals surface area (Å²) in [7, 11) is 0. The summed E-state index contributed by atoms with van der Waals surface area (Å²) in [6.45, 7) is 5.54. The molecule has 0 spiro atoms. The van der Waals surface area contributed by atoms with E-state index in [1.807, 2.05) is 52.9 Å². The number of furan rings is 1. The van der Waals surface area contributed by atoms with E-state index in [1.165, 1.54) is 0 Å². The SMILES string of the molecule is Cc1cc(C)n(Cc2ccc(C(=O)N3CCC[C@@H]3c3ccco3)cc2)n1. The maximum atomic E-state index is 12.9. The lowest BCUT2D eigenvalue weighted by Gasteiger charge is -2.23. The third kappa shape index (κ3) is 3.17. The summed E-state index contributed by atoms with van der Waals surface area (Å²) in [5, 5.41) is 4.50. The van der Waals surface area contributed by atoms with Crippen molar-refractivity contribution in [1.82, 2.24) is 14.7 Å².